The molecule has 12 nitrogen and oxygen atoms in total. The van der Waals surface area contributed by atoms with Gasteiger partial charge in [0, 0.05) is 0 Å². The molecule has 18 heavy (non-hydrogen) atoms. The van der Waals surface area contributed by atoms with Crippen LogP contribution in [0, 0.1) is 0 Å². The second kappa shape index (κ2) is 5.75. The first-order valence-corrected chi connectivity index (χ1v) is 5.65. The van der Waals surface area contributed by atoms with E-state index < -0.39 is 43.9 Å². The molecule has 1 aliphatic rings. The Morgan fingerprint density at radius 3 is 2.11 bits per heavy atom. The van der Waals surface area contributed by atoms with E-state index in [-0.39, 0.29) is 0 Å². The van der Waals surface area contributed by atoms with E-state index in [0.29, 0.717) is 0 Å². The van der Waals surface area contributed by atoms with Crippen LogP contribution in [-0.4, -0.2) is 28.4 Å². The summed E-state index contributed by atoms with van der Waals surface area (Å²) in [5, 5.41) is 8.01. The lowest BCUT2D eigenvalue weighted by Crippen LogP contribution is -2.32. The van der Waals surface area contributed by atoms with Gasteiger partial charge < -0.3 is 5.73 Å². The van der Waals surface area contributed by atoms with Gasteiger partial charge in [-0.3, -0.25) is 15.0 Å². The third kappa shape index (κ3) is 4.27. The Bertz CT molecular complexity index is 385. The van der Waals surface area contributed by atoms with Gasteiger partial charge in [0.05, 0.1) is 12.8 Å². The van der Waals surface area contributed by atoms with Crippen molar-refractivity contribution in [1.29, 1.82) is 0 Å². The molecule has 0 aliphatic carbocycles. The molecule has 1 saturated heterocycles. The molecule has 3 N–H and O–H groups in total. The summed E-state index contributed by atoms with van der Waals surface area (Å²) in [6.07, 6.45) is -0.859. The predicted octanol–water partition coefficient (Wildman–Crippen LogP) is -0.461. The van der Waals surface area contributed by atoms with Crippen LogP contribution >= 0.6 is 7.82 Å². The van der Waals surface area contributed by atoms with Gasteiger partial charge in [-0.15, -0.1) is 4.62 Å². The van der Waals surface area contributed by atoms with E-state index in [1.165, 1.54) is 0 Å². The molecule has 0 radical (unpaired) electrons. The lowest BCUT2D eigenvalue weighted by Gasteiger charge is -2.16. The van der Waals surface area contributed by atoms with Crippen molar-refractivity contribution in [2.75, 3.05) is 0 Å². The molecule has 13 heteroatoms. The number of nitrogens with two attached hydrogens (primary N) is 1. The average Bonchev–Trinajstić information content (AvgIpc) is 2.35. The van der Waals surface area contributed by atoms with Crippen molar-refractivity contribution in [2.24, 2.45) is 5.73 Å². The summed E-state index contributed by atoms with van der Waals surface area (Å²) >= 11 is 0. The van der Waals surface area contributed by atoms with Crippen LogP contribution in [-0.2, 0) is 37.9 Å². The molecule has 2 amide bonds. The van der Waals surface area contributed by atoms with Crippen molar-refractivity contribution in [2.45, 2.75) is 12.8 Å². The molecule has 0 aromatic carbocycles. The summed E-state index contributed by atoms with van der Waals surface area (Å²) in [5.74, 6) is -2.16. The molecule has 0 aromatic heterocycles. The molecular weight excluding hydrogens is 279 g/mol. The summed E-state index contributed by atoms with van der Waals surface area (Å²) < 4.78 is 23.2. The highest BCUT2D eigenvalue weighted by molar-refractivity contribution is 7.48. The normalized spacial score (nSPS) is 19.8. The van der Waals surface area contributed by atoms with Gasteiger partial charge in [0.15, 0.2) is 0 Å². The number of carbonyl (C=O) groups excluding carboxylic acids is 3. The monoisotopic (exact) mass is 286 g/mol. The fraction of sp³-hybridized carbons (Fsp3) is 0.400. The lowest BCUT2D eigenvalue weighted by atomic mass is 10.3. The van der Waals surface area contributed by atoms with E-state index in [1.54, 1.807) is 0 Å². The Labute approximate surface area is 98.5 Å². The van der Waals surface area contributed by atoms with Crippen LogP contribution in [0.3, 0.4) is 0 Å². The van der Waals surface area contributed by atoms with Crippen LogP contribution in [0.5, 0.6) is 0 Å². The third-order valence-corrected chi connectivity index (χ3v) is 2.21. The van der Waals surface area contributed by atoms with Gasteiger partial charge in [-0.2, -0.15) is 0 Å². The fourth-order valence-corrected chi connectivity index (χ4v) is 1.33. The molecule has 0 bridgehead atoms. The Hall–Kier alpha value is -1.72. The van der Waals surface area contributed by atoms with E-state index in [0.717, 1.165) is 0 Å². The van der Waals surface area contributed by atoms with E-state index in [1.807, 2.05) is 0 Å². The molecule has 0 spiro atoms. The summed E-state index contributed by atoms with van der Waals surface area (Å²) in [5.41, 5.74) is 4.53. The van der Waals surface area contributed by atoms with Gasteiger partial charge in [-0.1, -0.05) is 14.6 Å². The number of hydrogen-bond acceptors (Lipinski definition) is 10. The van der Waals surface area contributed by atoms with Gasteiger partial charge in [0.25, 0.3) is 0 Å². The van der Waals surface area contributed by atoms with Crippen molar-refractivity contribution in [3.63, 3.8) is 0 Å². The van der Waals surface area contributed by atoms with Gasteiger partial charge in [0.1, 0.15) is 0 Å². The maximum atomic E-state index is 11.5. The van der Waals surface area contributed by atoms with Crippen molar-refractivity contribution in [3.05, 3.63) is 0 Å². The first-order valence-electron chi connectivity index (χ1n) is 4.19. The molecule has 1 fully saturated rings. The quantitative estimate of drug-likeness (QED) is 0.293. The van der Waals surface area contributed by atoms with Crippen LogP contribution in [0.4, 0.5) is 4.79 Å². The van der Waals surface area contributed by atoms with Gasteiger partial charge >= 0.3 is 25.8 Å². The van der Waals surface area contributed by atoms with Crippen LogP contribution in [0.15, 0.2) is 0 Å². The molecule has 0 aromatic rings. The number of carbonyl (C=O) groups is 3. The number of amides is 2. The topological polar surface area (TPSA) is 164 Å². The minimum Gasteiger partial charge on any atom is -0.348 e. The number of rotatable bonds is 2. The van der Waals surface area contributed by atoms with Crippen molar-refractivity contribution in [1.82, 2.24) is 5.23 Å². The van der Waals surface area contributed by atoms with Crippen LogP contribution in [0.1, 0.15) is 12.8 Å². The largest absolute Gasteiger partial charge is 0.571 e. The summed E-state index contributed by atoms with van der Waals surface area (Å²) in [4.78, 5) is 40.0. The number of nitrogens with zero attached hydrogens (tertiary/aromatic N) is 1. The lowest BCUT2D eigenvalue weighted by molar-refractivity contribution is -0.302. The SMILES string of the molecule is NC(=O)N(O)OP1(=O)OOC(=O)CCC(=O)OO1. The highest BCUT2D eigenvalue weighted by Crippen LogP contribution is 2.50. The Kier molecular flexibility index (Phi) is 4.58. The first kappa shape index (κ1) is 14.3. The fourth-order valence-electron chi connectivity index (χ4n) is 0.636. The summed E-state index contributed by atoms with van der Waals surface area (Å²) in [6, 6.07) is -1.59. The highest BCUT2D eigenvalue weighted by Gasteiger charge is 2.39. The van der Waals surface area contributed by atoms with Gasteiger partial charge in [0.2, 0.25) is 0 Å². The van der Waals surface area contributed by atoms with E-state index in [4.69, 9.17) is 5.21 Å². The molecular formula is C5H7N2O10P. The first-order chi connectivity index (χ1) is 8.32. The van der Waals surface area contributed by atoms with E-state index in [9.17, 15) is 18.9 Å². The number of urea groups is 1. The zero-order chi connectivity index (χ0) is 13.8. The molecule has 1 rings (SSSR count). The molecule has 0 atom stereocenters. The molecule has 1 heterocycles. The van der Waals surface area contributed by atoms with Crippen LogP contribution < -0.4 is 5.73 Å². The highest BCUT2D eigenvalue weighted by atomic mass is 31.2. The van der Waals surface area contributed by atoms with Gasteiger partial charge in [-0.25, -0.2) is 18.9 Å². The maximum Gasteiger partial charge on any atom is 0.571 e. The number of primary amides is 1. The zero-order valence-corrected chi connectivity index (χ0v) is 9.40. The molecule has 0 saturated carbocycles. The molecule has 1 aliphatic heterocycles. The average molecular weight is 286 g/mol. The number of phosphoric acid groups is 1. The Balaban J connectivity index is 2.76. The maximum absolute atomic E-state index is 11.5. The Morgan fingerprint density at radius 1 is 1.28 bits per heavy atom. The molecule has 102 valence electrons. The van der Waals surface area contributed by atoms with Crippen LogP contribution in [0.25, 0.3) is 0 Å². The number of hydroxylamine groups is 2. The standard InChI is InChI=1S/C5H7N2O10P/c6-5(10)7(11)15-18(12)16-13-3(8)1-2-4(9)14-17-18/h11H,1-2H2,(H2,6,10). The predicted molar refractivity (Wildman–Crippen MR) is 45.5 cm³/mol. The minimum atomic E-state index is -4.91. The van der Waals surface area contributed by atoms with Crippen molar-refractivity contribution in [3.8, 4) is 0 Å². The number of hydrogen-bond donors (Lipinski definition) is 2. The summed E-state index contributed by atoms with van der Waals surface area (Å²) in [6.45, 7) is 0. The third-order valence-electron chi connectivity index (χ3n) is 1.34. The zero-order valence-electron chi connectivity index (χ0n) is 8.51. The molecule has 0 unspecified atom stereocenters. The summed E-state index contributed by atoms with van der Waals surface area (Å²) in [7, 11) is -4.91. The second-order valence-electron chi connectivity index (χ2n) is 2.70. The smallest absolute Gasteiger partial charge is 0.348 e. The van der Waals surface area contributed by atoms with Crippen molar-refractivity contribution < 1.29 is 47.9 Å². The van der Waals surface area contributed by atoms with Crippen LogP contribution in [0.2, 0.25) is 0 Å². The van der Waals surface area contributed by atoms with Crippen molar-refractivity contribution >= 4 is 25.8 Å². The second-order valence-corrected chi connectivity index (χ2v) is 4.06. The minimum absolute atomic E-state index is 0.430. The van der Waals surface area contributed by atoms with E-state index >= 15 is 0 Å². The Morgan fingerprint density at radius 2 is 1.72 bits per heavy atom. The van der Waals surface area contributed by atoms with E-state index in [2.05, 4.69) is 29.5 Å². The van der Waals surface area contributed by atoms with Gasteiger partial charge in [-0.05, 0) is 0 Å².